The molecule has 0 atom stereocenters. The first kappa shape index (κ1) is 13.6. The van der Waals surface area contributed by atoms with Gasteiger partial charge in [0.15, 0.2) is 0 Å². The van der Waals surface area contributed by atoms with Crippen LogP contribution >= 0.6 is 11.6 Å². The summed E-state index contributed by atoms with van der Waals surface area (Å²) in [5.74, 6) is 1.16. The second-order valence-corrected chi connectivity index (χ2v) is 3.73. The molecule has 4 heteroatoms. The molecule has 0 radical (unpaired) electrons. The van der Waals surface area contributed by atoms with E-state index in [1.54, 1.807) is 13.2 Å². The standard InChI is InChI=1S/C13H16ClNO2/c1-17-12-7-3-2-6-11(12)10-13(16)15-9-5-4-8-14/h2-7H,8-10H2,1H3,(H,15,16)/b5-4+. The van der Waals surface area contributed by atoms with Gasteiger partial charge in [-0.25, -0.2) is 0 Å². The number of para-hydroxylation sites is 1. The Bertz CT molecular complexity index is 391. The van der Waals surface area contributed by atoms with Crippen LogP contribution in [0.1, 0.15) is 5.56 Å². The summed E-state index contributed by atoms with van der Waals surface area (Å²) >= 11 is 5.47. The lowest BCUT2D eigenvalue weighted by Gasteiger charge is -2.07. The van der Waals surface area contributed by atoms with Gasteiger partial charge >= 0.3 is 0 Å². The molecule has 0 spiro atoms. The van der Waals surface area contributed by atoms with Gasteiger partial charge in [-0.15, -0.1) is 11.6 Å². The lowest BCUT2D eigenvalue weighted by atomic mass is 10.1. The average molecular weight is 254 g/mol. The van der Waals surface area contributed by atoms with Crippen LogP contribution in [0.4, 0.5) is 0 Å². The molecule has 0 aliphatic rings. The first-order chi connectivity index (χ1) is 8.27. The molecule has 0 aromatic heterocycles. The van der Waals surface area contributed by atoms with Crippen molar-refractivity contribution in [3.8, 4) is 5.75 Å². The van der Waals surface area contributed by atoms with Gasteiger partial charge in [0.2, 0.25) is 5.91 Å². The zero-order valence-corrected chi connectivity index (χ0v) is 10.5. The number of ether oxygens (including phenoxy) is 1. The molecule has 1 aromatic carbocycles. The van der Waals surface area contributed by atoms with Crippen LogP contribution in [0.5, 0.6) is 5.75 Å². The summed E-state index contributed by atoms with van der Waals surface area (Å²) in [6, 6.07) is 7.49. The molecule has 1 N–H and O–H groups in total. The highest BCUT2D eigenvalue weighted by atomic mass is 35.5. The van der Waals surface area contributed by atoms with Crippen LogP contribution in [0, 0.1) is 0 Å². The quantitative estimate of drug-likeness (QED) is 0.623. The van der Waals surface area contributed by atoms with Crippen molar-refractivity contribution in [1.82, 2.24) is 5.32 Å². The number of benzene rings is 1. The molecule has 0 heterocycles. The van der Waals surface area contributed by atoms with E-state index in [4.69, 9.17) is 16.3 Å². The van der Waals surface area contributed by atoms with Crippen molar-refractivity contribution in [2.24, 2.45) is 0 Å². The molecule has 0 aliphatic heterocycles. The summed E-state index contributed by atoms with van der Waals surface area (Å²) < 4.78 is 5.18. The van der Waals surface area contributed by atoms with E-state index < -0.39 is 0 Å². The Morgan fingerprint density at radius 1 is 1.41 bits per heavy atom. The third-order valence-corrected chi connectivity index (χ3v) is 2.39. The fourth-order valence-corrected chi connectivity index (χ4v) is 1.53. The largest absolute Gasteiger partial charge is 0.496 e. The topological polar surface area (TPSA) is 38.3 Å². The Morgan fingerprint density at radius 3 is 2.88 bits per heavy atom. The fourth-order valence-electron chi connectivity index (χ4n) is 1.40. The molecular weight excluding hydrogens is 238 g/mol. The fraction of sp³-hybridized carbons (Fsp3) is 0.308. The van der Waals surface area contributed by atoms with Gasteiger partial charge in [-0.3, -0.25) is 4.79 Å². The summed E-state index contributed by atoms with van der Waals surface area (Å²) in [4.78, 5) is 11.6. The van der Waals surface area contributed by atoms with E-state index in [1.807, 2.05) is 30.3 Å². The van der Waals surface area contributed by atoms with E-state index >= 15 is 0 Å². The summed E-state index contributed by atoms with van der Waals surface area (Å²) in [6.45, 7) is 0.501. The van der Waals surface area contributed by atoms with Crippen LogP contribution in [0.3, 0.4) is 0 Å². The third-order valence-electron chi connectivity index (χ3n) is 2.22. The minimum Gasteiger partial charge on any atom is -0.496 e. The van der Waals surface area contributed by atoms with E-state index in [0.29, 0.717) is 18.8 Å². The Balaban J connectivity index is 2.47. The summed E-state index contributed by atoms with van der Waals surface area (Å²) in [5.41, 5.74) is 0.883. The van der Waals surface area contributed by atoms with Crippen LogP contribution < -0.4 is 10.1 Å². The van der Waals surface area contributed by atoms with Gasteiger partial charge < -0.3 is 10.1 Å². The Labute approximate surface area is 106 Å². The molecule has 1 amide bonds. The molecule has 17 heavy (non-hydrogen) atoms. The zero-order valence-electron chi connectivity index (χ0n) is 9.78. The molecule has 0 bridgehead atoms. The number of rotatable bonds is 6. The zero-order chi connectivity index (χ0) is 12.5. The normalized spacial score (nSPS) is 10.5. The van der Waals surface area contributed by atoms with Crippen LogP contribution in [0.2, 0.25) is 0 Å². The highest BCUT2D eigenvalue weighted by Gasteiger charge is 2.06. The van der Waals surface area contributed by atoms with Gasteiger partial charge in [0.25, 0.3) is 0 Å². The number of hydrogen-bond acceptors (Lipinski definition) is 2. The lowest BCUT2D eigenvalue weighted by Crippen LogP contribution is -2.25. The van der Waals surface area contributed by atoms with Gasteiger partial charge in [0.1, 0.15) is 5.75 Å². The smallest absolute Gasteiger partial charge is 0.224 e. The number of halogens is 1. The average Bonchev–Trinajstić information content (AvgIpc) is 2.35. The van der Waals surface area contributed by atoms with Crippen molar-refractivity contribution in [2.75, 3.05) is 19.5 Å². The molecule has 0 aliphatic carbocycles. The van der Waals surface area contributed by atoms with E-state index in [-0.39, 0.29) is 5.91 Å². The summed E-state index contributed by atoms with van der Waals surface area (Å²) in [6.07, 6.45) is 3.94. The minimum absolute atomic E-state index is 0.0336. The molecule has 3 nitrogen and oxygen atoms in total. The lowest BCUT2D eigenvalue weighted by molar-refractivity contribution is -0.120. The Kier molecular flexibility index (Phi) is 6.18. The highest BCUT2D eigenvalue weighted by molar-refractivity contribution is 6.18. The van der Waals surface area contributed by atoms with Crippen molar-refractivity contribution in [3.05, 3.63) is 42.0 Å². The van der Waals surface area contributed by atoms with Crippen LogP contribution in [0.15, 0.2) is 36.4 Å². The van der Waals surface area contributed by atoms with Crippen molar-refractivity contribution in [1.29, 1.82) is 0 Å². The van der Waals surface area contributed by atoms with E-state index in [9.17, 15) is 4.79 Å². The molecular formula is C13H16ClNO2. The van der Waals surface area contributed by atoms with Crippen molar-refractivity contribution < 1.29 is 9.53 Å². The molecule has 0 saturated heterocycles. The predicted octanol–water partition coefficient (Wildman–Crippen LogP) is 2.15. The summed E-state index contributed by atoms with van der Waals surface area (Å²) in [7, 11) is 1.60. The number of amides is 1. The number of methoxy groups -OCH3 is 1. The molecule has 92 valence electrons. The molecule has 0 fully saturated rings. The SMILES string of the molecule is COc1ccccc1CC(=O)NC/C=C/CCl. The minimum atomic E-state index is -0.0336. The van der Waals surface area contributed by atoms with Crippen LogP contribution in [-0.2, 0) is 11.2 Å². The van der Waals surface area contributed by atoms with E-state index in [2.05, 4.69) is 5.32 Å². The first-order valence-corrected chi connectivity index (χ1v) is 5.91. The maximum atomic E-state index is 11.6. The number of carbonyl (C=O) groups is 1. The highest BCUT2D eigenvalue weighted by Crippen LogP contribution is 2.17. The van der Waals surface area contributed by atoms with Crippen LogP contribution in [0.25, 0.3) is 0 Å². The second kappa shape index (κ2) is 7.74. The molecule has 0 unspecified atom stereocenters. The van der Waals surface area contributed by atoms with E-state index in [1.165, 1.54) is 0 Å². The Morgan fingerprint density at radius 2 is 2.18 bits per heavy atom. The van der Waals surface area contributed by atoms with Gasteiger partial charge in [-0.2, -0.15) is 0 Å². The number of alkyl halides is 1. The molecule has 0 saturated carbocycles. The predicted molar refractivity (Wildman–Crippen MR) is 69.6 cm³/mol. The Hall–Kier alpha value is -1.48. The van der Waals surface area contributed by atoms with Crippen molar-refractivity contribution in [2.45, 2.75) is 6.42 Å². The first-order valence-electron chi connectivity index (χ1n) is 5.37. The molecule has 1 rings (SSSR count). The van der Waals surface area contributed by atoms with Crippen LogP contribution in [-0.4, -0.2) is 25.4 Å². The maximum Gasteiger partial charge on any atom is 0.224 e. The molecule has 1 aromatic rings. The number of hydrogen-bond donors (Lipinski definition) is 1. The van der Waals surface area contributed by atoms with Crippen molar-refractivity contribution >= 4 is 17.5 Å². The van der Waals surface area contributed by atoms with Gasteiger partial charge in [0.05, 0.1) is 13.5 Å². The number of carbonyl (C=O) groups excluding carboxylic acids is 1. The van der Waals surface area contributed by atoms with Crippen molar-refractivity contribution in [3.63, 3.8) is 0 Å². The van der Waals surface area contributed by atoms with Gasteiger partial charge in [0, 0.05) is 18.0 Å². The van der Waals surface area contributed by atoms with Gasteiger partial charge in [-0.1, -0.05) is 30.4 Å². The van der Waals surface area contributed by atoms with Gasteiger partial charge in [-0.05, 0) is 6.07 Å². The summed E-state index contributed by atoms with van der Waals surface area (Å²) in [5, 5.41) is 2.78. The number of allylic oxidation sites excluding steroid dienone is 1. The monoisotopic (exact) mass is 253 g/mol. The third kappa shape index (κ3) is 4.91. The maximum absolute atomic E-state index is 11.6. The second-order valence-electron chi connectivity index (χ2n) is 3.42. The van der Waals surface area contributed by atoms with E-state index in [0.717, 1.165) is 11.3 Å². The number of nitrogens with one attached hydrogen (secondary N) is 1.